The van der Waals surface area contributed by atoms with Gasteiger partial charge in [0.1, 0.15) is 0 Å². The zero-order valence-corrected chi connectivity index (χ0v) is 11.1. The number of hydrogen-bond donors (Lipinski definition) is 3. The number of aliphatic hydroxyl groups is 1. The van der Waals surface area contributed by atoms with E-state index >= 15 is 0 Å². The van der Waals surface area contributed by atoms with Crippen molar-refractivity contribution in [1.82, 2.24) is 5.32 Å². The third-order valence-electron chi connectivity index (χ3n) is 2.17. The van der Waals surface area contributed by atoms with Gasteiger partial charge < -0.3 is 15.5 Å². The summed E-state index contributed by atoms with van der Waals surface area (Å²) in [5.41, 5.74) is 0.528. The number of nitrogens with one attached hydrogen (secondary N) is 1. The molecule has 0 aliphatic heterocycles. The summed E-state index contributed by atoms with van der Waals surface area (Å²) in [6.45, 7) is -0.688. The van der Waals surface area contributed by atoms with E-state index in [1.165, 1.54) is 6.08 Å². The standard InChI is InChI=1S/C12H11Cl2NO4/c13-8-2-3-9(14)7(5-8)1-4-11(17)15-10(6-16)12(18)19/h1-5,10,16H,6H2,(H,15,17)(H,18,19)/b4-1+. The number of carboxylic acids is 1. The Balaban J connectivity index is 2.73. The largest absolute Gasteiger partial charge is 0.480 e. The third-order valence-corrected chi connectivity index (χ3v) is 2.75. The zero-order valence-electron chi connectivity index (χ0n) is 9.64. The number of benzene rings is 1. The first-order valence-corrected chi connectivity index (χ1v) is 5.97. The highest BCUT2D eigenvalue weighted by Gasteiger charge is 2.17. The van der Waals surface area contributed by atoms with Gasteiger partial charge in [0, 0.05) is 16.1 Å². The van der Waals surface area contributed by atoms with Gasteiger partial charge >= 0.3 is 5.97 Å². The van der Waals surface area contributed by atoms with Crippen LogP contribution in [0.15, 0.2) is 24.3 Å². The Morgan fingerprint density at radius 2 is 2.05 bits per heavy atom. The molecule has 0 heterocycles. The lowest BCUT2D eigenvalue weighted by Gasteiger charge is -2.09. The van der Waals surface area contributed by atoms with Gasteiger partial charge in [-0.25, -0.2) is 4.79 Å². The average Bonchev–Trinajstić information content (AvgIpc) is 2.36. The van der Waals surface area contributed by atoms with Crippen LogP contribution < -0.4 is 5.32 Å². The molecule has 0 radical (unpaired) electrons. The van der Waals surface area contributed by atoms with Crippen LogP contribution in [0, 0.1) is 0 Å². The van der Waals surface area contributed by atoms with Crippen LogP contribution in [0.5, 0.6) is 0 Å². The number of halogens is 2. The maximum Gasteiger partial charge on any atom is 0.328 e. The first-order chi connectivity index (χ1) is 8.93. The van der Waals surface area contributed by atoms with Crippen molar-refractivity contribution in [3.8, 4) is 0 Å². The van der Waals surface area contributed by atoms with Gasteiger partial charge in [-0.3, -0.25) is 4.79 Å². The summed E-state index contributed by atoms with van der Waals surface area (Å²) in [6.07, 6.45) is 2.52. The van der Waals surface area contributed by atoms with Crippen molar-refractivity contribution in [2.75, 3.05) is 6.61 Å². The van der Waals surface area contributed by atoms with E-state index in [2.05, 4.69) is 5.32 Å². The third kappa shape index (κ3) is 4.90. The Kier molecular flexibility index (Phi) is 5.82. The van der Waals surface area contributed by atoms with E-state index in [4.69, 9.17) is 33.4 Å². The predicted octanol–water partition coefficient (Wildman–Crippen LogP) is 1.57. The first kappa shape index (κ1) is 15.5. The molecule has 0 bridgehead atoms. The molecule has 1 aromatic rings. The quantitative estimate of drug-likeness (QED) is 0.721. The molecule has 0 fully saturated rings. The SMILES string of the molecule is O=C(/C=C/c1cc(Cl)ccc1Cl)NC(CO)C(=O)O. The van der Waals surface area contributed by atoms with Crippen molar-refractivity contribution >= 4 is 41.2 Å². The molecule has 1 amide bonds. The van der Waals surface area contributed by atoms with Gasteiger partial charge in [-0.1, -0.05) is 23.2 Å². The second-order valence-corrected chi connectivity index (χ2v) is 4.42. The normalized spacial score (nSPS) is 12.4. The fraction of sp³-hybridized carbons (Fsp3) is 0.167. The second kappa shape index (κ2) is 7.13. The van der Waals surface area contributed by atoms with E-state index in [9.17, 15) is 9.59 Å². The lowest BCUT2D eigenvalue weighted by Crippen LogP contribution is -2.42. The summed E-state index contributed by atoms with van der Waals surface area (Å²) in [4.78, 5) is 22.0. The molecule has 5 nitrogen and oxygen atoms in total. The summed E-state index contributed by atoms with van der Waals surface area (Å²) in [5.74, 6) is -1.97. The molecule has 0 spiro atoms. The Hall–Kier alpha value is -1.56. The summed E-state index contributed by atoms with van der Waals surface area (Å²) < 4.78 is 0. The minimum Gasteiger partial charge on any atom is -0.480 e. The Labute approximate surface area is 119 Å². The van der Waals surface area contributed by atoms with Crippen LogP contribution in [-0.4, -0.2) is 34.7 Å². The van der Waals surface area contributed by atoms with Crippen LogP contribution in [0.1, 0.15) is 5.56 Å². The number of amides is 1. The Morgan fingerprint density at radius 1 is 1.37 bits per heavy atom. The topological polar surface area (TPSA) is 86.6 Å². The van der Waals surface area contributed by atoms with E-state index in [0.717, 1.165) is 6.08 Å². The molecule has 0 aromatic heterocycles. The maximum atomic E-state index is 11.4. The molecular formula is C12H11Cl2NO4. The van der Waals surface area contributed by atoms with Gasteiger partial charge in [0.2, 0.25) is 5.91 Å². The van der Waals surface area contributed by atoms with Crippen molar-refractivity contribution in [3.63, 3.8) is 0 Å². The number of aliphatic hydroxyl groups excluding tert-OH is 1. The van der Waals surface area contributed by atoms with Gasteiger partial charge in [0.15, 0.2) is 6.04 Å². The fourth-order valence-corrected chi connectivity index (χ4v) is 1.57. The molecule has 0 saturated carbocycles. The van der Waals surface area contributed by atoms with E-state index in [1.54, 1.807) is 18.2 Å². The number of hydrogen-bond acceptors (Lipinski definition) is 3. The lowest BCUT2D eigenvalue weighted by atomic mass is 10.2. The molecule has 1 aromatic carbocycles. The maximum absolute atomic E-state index is 11.4. The van der Waals surface area contributed by atoms with Crippen LogP contribution in [0.4, 0.5) is 0 Å². The molecule has 3 N–H and O–H groups in total. The highest BCUT2D eigenvalue weighted by molar-refractivity contribution is 6.34. The average molecular weight is 304 g/mol. The van der Waals surface area contributed by atoms with Crippen molar-refractivity contribution in [2.24, 2.45) is 0 Å². The molecule has 1 rings (SSSR count). The van der Waals surface area contributed by atoms with Gasteiger partial charge in [-0.15, -0.1) is 0 Å². The van der Waals surface area contributed by atoms with Crippen molar-refractivity contribution in [3.05, 3.63) is 39.9 Å². The van der Waals surface area contributed by atoms with Crippen molar-refractivity contribution in [1.29, 1.82) is 0 Å². The summed E-state index contributed by atoms with van der Waals surface area (Å²) in [7, 11) is 0. The molecular weight excluding hydrogens is 293 g/mol. The minimum absolute atomic E-state index is 0.408. The Morgan fingerprint density at radius 3 is 2.63 bits per heavy atom. The molecule has 0 aliphatic carbocycles. The molecule has 7 heteroatoms. The van der Waals surface area contributed by atoms with Crippen molar-refractivity contribution < 1.29 is 19.8 Å². The highest BCUT2D eigenvalue weighted by Crippen LogP contribution is 2.21. The van der Waals surface area contributed by atoms with Gasteiger partial charge in [-0.05, 0) is 29.8 Å². The van der Waals surface area contributed by atoms with Gasteiger partial charge in [-0.2, -0.15) is 0 Å². The summed E-state index contributed by atoms with van der Waals surface area (Å²) in [6, 6.07) is 3.41. The first-order valence-electron chi connectivity index (χ1n) is 5.21. The second-order valence-electron chi connectivity index (χ2n) is 3.58. The molecule has 0 saturated heterocycles. The lowest BCUT2D eigenvalue weighted by molar-refractivity contribution is -0.142. The van der Waals surface area contributed by atoms with E-state index in [0.29, 0.717) is 15.6 Å². The minimum atomic E-state index is -1.34. The van der Waals surface area contributed by atoms with Gasteiger partial charge in [0.25, 0.3) is 0 Å². The summed E-state index contributed by atoms with van der Waals surface area (Å²) in [5, 5.41) is 20.4. The zero-order chi connectivity index (χ0) is 14.4. The van der Waals surface area contributed by atoms with Crippen LogP contribution >= 0.6 is 23.2 Å². The molecule has 102 valence electrons. The molecule has 19 heavy (non-hydrogen) atoms. The van der Waals surface area contributed by atoms with Crippen LogP contribution in [0.3, 0.4) is 0 Å². The fourth-order valence-electron chi connectivity index (χ4n) is 1.21. The van der Waals surface area contributed by atoms with E-state index < -0.39 is 24.5 Å². The van der Waals surface area contributed by atoms with E-state index in [-0.39, 0.29) is 0 Å². The number of rotatable bonds is 5. The number of carboxylic acid groups (broad SMARTS) is 1. The highest BCUT2D eigenvalue weighted by atomic mass is 35.5. The number of carbonyl (C=O) groups excluding carboxylic acids is 1. The van der Waals surface area contributed by atoms with Gasteiger partial charge in [0.05, 0.1) is 6.61 Å². The van der Waals surface area contributed by atoms with Crippen molar-refractivity contribution in [2.45, 2.75) is 6.04 Å². The molecule has 1 atom stereocenters. The van der Waals surface area contributed by atoms with Crippen LogP contribution in [-0.2, 0) is 9.59 Å². The molecule has 0 aliphatic rings. The number of aliphatic carboxylic acids is 1. The monoisotopic (exact) mass is 303 g/mol. The summed E-state index contributed by atoms with van der Waals surface area (Å²) >= 11 is 11.7. The molecule has 1 unspecified atom stereocenters. The van der Waals surface area contributed by atoms with E-state index in [1.807, 2.05) is 0 Å². The van der Waals surface area contributed by atoms with Crippen LogP contribution in [0.25, 0.3) is 6.08 Å². The smallest absolute Gasteiger partial charge is 0.328 e. The predicted molar refractivity (Wildman–Crippen MR) is 72.1 cm³/mol. The number of carbonyl (C=O) groups is 2. The van der Waals surface area contributed by atoms with Crippen LogP contribution in [0.2, 0.25) is 10.0 Å². The Bertz CT molecular complexity index is 516.